The summed E-state index contributed by atoms with van der Waals surface area (Å²) in [7, 11) is 0. The van der Waals surface area contributed by atoms with Crippen LogP contribution in [0.1, 0.15) is 18.1 Å². The molecular formula is C19H21ClN2O3S. The third-order valence-corrected chi connectivity index (χ3v) is 4.84. The molecule has 2 rings (SSSR count). The summed E-state index contributed by atoms with van der Waals surface area (Å²) in [5.74, 6) is 0.735. The number of hydrogen-bond acceptors (Lipinski definition) is 4. The van der Waals surface area contributed by atoms with Crippen LogP contribution < -0.4 is 15.6 Å². The maximum Gasteiger partial charge on any atom is 0.276 e. The molecule has 0 unspecified atom stereocenters. The first-order valence-corrected chi connectivity index (χ1v) is 9.72. The van der Waals surface area contributed by atoms with Crippen LogP contribution in [0.25, 0.3) is 0 Å². The van der Waals surface area contributed by atoms with Crippen molar-refractivity contribution in [2.24, 2.45) is 0 Å². The predicted octanol–water partition coefficient (Wildman–Crippen LogP) is 3.36. The minimum atomic E-state index is -0.422. The molecule has 2 aromatic rings. The van der Waals surface area contributed by atoms with E-state index >= 15 is 0 Å². The molecule has 0 fully saturated rings. The minimum Gasteiger partial charge on any atom is -0.484 e. The van der Waals surface area contributed by atoms with Gasteiger partial charge in [0.15, 0.2) is 6.61 Å². The van der Waals surface area contributed by atoms with Crippen LogP contribution in [0.4, 0.5) is 0 Å². The van der Waals surface area contributed by atoms with Gasteiger partial charge in [-0.25, -0.2) is 0 Å². The van der Waals surface area contributed by atoms with Crippen molar-refractivity contribution in [1.82, 2.24) is 10.9 Å². The molecule has 5 nitrogen and oxygen atoms in total. The molecule has 2 aromatic carbocycles. The van der Waals surface area contributed by atoms with Gasteiger partial charge in [0.2, 0.25) is 5.91 Å². The molecule has 0 spiro atoms. The molecule has 0 saturated carbocycles. The van der Waals surface area contributed by atoms with E-state index in [0.717, 1.165) is 12.0 Å². The van der Waals surface area contributed by atoms with Crippen molar-refractivity contribution < 1.29 is 14.3 Å². The van der Waals surface area contributed by atoms with Crippen LogP contribution in [0, 0.1) is 0 Å². The number of aryl methyl sites for hydroxylation is 1. The average molecular weight is 393 g/mol. The van der Waals surface area contributed by atoms with Crippen molar-refractivity contribution in [2.75, 3.05) is 12.4 Å². The zero-order chi connectivity index (χ0) is 18.8. The number of halogens is 1. The maximum absolute atomic E-state index is 11.7. The Labute approximate surface area is 162 Å². The van der Waals surface area contributed by atoms with Gasteiger partial charge in [-0.05, 0) is 35.7 Å². The highest BCUT2D eigenvalue weighted by Crippen LogP contribution is 2.20. The molecule has 0 aliphatic carbocycles. The lowest BCUT2D eigenvalue weighted by atomic mass is 10.2. The lowest BCUT2D eigenvalue weighted by molar-refractivity contribution is -0.128. The predicted molar refractivity (Wildman–Crippen MR) is 105 cm³/mol. The minimum absolute atomic E-state index is 0.168. The summed E-state index contributed by atoms with van der Waals surface area (Å²) in [6, 6.07) is 15.0. The van der Waals surface area contributed by atoms with Gasteiger partial charge in [0.1, 0.15) is 5.75 Å². The zero-order valence-electron chi connectivity index (χ0n) is 14.5. The number of hydrogen-bond donors (Lipinski definition) is 2. The van der Waals surface area contributed by atoms with E-state index in [1.54, 1.807) is 0 Å². The van der Waals surface area contributed by atoms with E-state index in [4.69, 9.17) is 16.3 Å². The van der Waals surface area contributed by atoms with E-state index in [1.165, 1.54) is 17.3 Å². The van der Waals surface area contributed by atoms with Crippen molar-refractivity contribution in [3.8, 4) is 5.75 Å². The second-order valence-corrected chi connectivity index (χ2v) is 6.86. The van der Waals surface area contributed by atoms with Crippen molar-refractivity contribution >= 4 is 35.2 Å². The molecule has 0 aromatic heterocycles. The molecule has 2 N–H and O–H groups in total. The number of benzene rings is 2. The summed E-state index contributed by atoms with van der Waals surface area (Å²) in [5.41, 5.74) is 6.87. The molecule has 0 radical (unpaired) electrons. The van der Waals surface area contributed by atoms with Gasteiger partial charge in [0, 0.05) is 10.8 Å². The van der Waals surface area contributed by atoms with Gasteiger partial charge in [0.25, 0.3) is 5.91 Å². The van der Waals surface area contributed by atoms with Gasteiger partial charge in [0.05, 0.1) is 5.75 Å². The Morgan fingerprint density at radius 1 is 1.04 bits per heavy atom. The van der Waals surface area contributed by atoms with Crippen molar-refractivity contribution in [2.45, 2.75) is 19.1 Å². The Morgan fingerprint density at radius 3 is 2.42 bits per heavy atom. The van der Waals surface area contributed by atoms with E-state index in [9.17, 15) is 9.59 Å². The zero-order valence-corrected chi connectivity index (χ0v) is 16.0. The number of nitrogens with one attached hydrogen (secondary N) is 2. The molecule has 2 amide bonds. The highest BCUT2D eigenvalue weighted by Gasteiger charge is 2.07. The molecule has 0 bridgehead atoms. The number of carbonyl (C=O) groups is 2. The Morgan fingerprint density at radius 2 is 1.73 bits per heavy atom. The number of carbonyl (C=O) groups excluding carboxylic acids is 2. The fourth-order valence-electron chi connectivity index (χ4n) is 2.05. The molecule has 26 heavy (non-hydrogen) atoms. The van der Waals surface area contributed by atoms with Crippen LogP contribution >= 0.6 is 23.4 Å². The van der Waals surface area contributed by atoms with Crippen LogP contribution in [0.5, 0.6) is 5.75 Å². The van der Waals surface area contributed by atoms with E-state index in [0.29, 0.717) is 16.5 Å². The van der Waals surface area contributed by atoms with Crippen molar-refractivity contribution in [3.63, 3.8) is 0 Å². The van der Waals surface area contributed by atoms with E-state index in [-0.39, 0.29) is 18.3 Å². The van der Waals surface area contributed by atoms with E-state index < -0.39 is 5.91 Å². The SMILES string of the molecule is CCc1ccc(OCC(=O)NNC(=O)CSCc2ccccc2Cl)cc1. The molecular weight excluding hydrogens is 372 g/mol. The summed E-state index contributed by atoms with van der Waals surface area (Å²) in [5, 5.41) is 0.679. The fraction of sp³-hybridized carbons (Fsp3) is 0.263. The standard InChI is InChI=1S/C19H21ClN2O3S/c1-2-14-7-9-16(10-8-14)25-11-18(23)21-22-19(24)13-26-12-15-5-3-4-6-17(15)20/h3-10H,2,11-13H2,1H3,(H,21,23)(H,22,24). The summed E-state index contributed by atoms with van der Waals surface area (Å²) < 4.78 is 5.37. The molecule has 0 atom stereocenters. The number of thioether (sulfide) groups is 1. The highest BCUT2D eigenvalue weighted by atomic mass is 35.5. The van der Waals surface area contributed by atoms with Gasteiger partial charge < -0.3 is 4.74 Å². The van der Waals surface area contributed by atoms with Crippen molar-refractivity contribution in [1.29, 1.82) is 0 Å². The molecule has 0 saturated heterocycles. The van der Waals surface area contributed by atoms with Gasteiger partial charge in [-0.2, -0.15) is 0 Å². The third kappa shape index (κ3) is 6.98. The van der Waals surface area contributed by atoms with Crippen LogP contribution in [0.2, 0.25) is 5.02 Å². The first kappa shape index (κ1) is 20.1. The van der Waals surface area contributed by atoms with Crippen LogP contribution in [-0.4, -0.2) is 24.2 Å². The monoisotopic (exact) mass is 392 g/mol. The lowest BCUT2D eigenvalue weighted by Crippen LogP contribution is -2.44. The molecule has 0 heterocycles. The number of hydrazine groups is 1. The summed E-state index contributed by atoms with van der Waals surface area (Å²) in [4.78, 5) is 23.5. The quantitative estimate of drug-likeness (QED) is 0.676. The third-order valence-electron chi connectivity index (χ3n) is 3.49. The summed E-state index contributed by atoms with van der Waals surface area (Å²) >= 11 is 7.47. The maximum atomic E-state index is 11.7. The normalized spacial score (nSPS) is 10.2. The van der Waals surface area contributed by atoms with E-state index in [2.05, 4.69) is 17.8 Å². The Bertz CT molecular complexity index is 738. The average Bonchev–Trinajstić information content (AvgIpc) is 2.66. The van der Waals surface area contributed by atoms with Crippen LogP contribution in [0.15, 0.2) is 48.5 Å². The molecule has 0 aliphatic rings. The van der Waals surface area contributed by atoms with Gasteiger partial charge in [-0.3, -0.25) is 20.4 Å². The Balaban J connectivity index is 1.62. The smallest absolute Gasteiger partial charge is 0.276 e. The highest BCUT2D eigenvalue weighted by molar-refractivity contribution is 7.99. The summed E-state index contributed by atoms with van der Waals surface area (Å²) in [6.07, 6.45) is 0.946. The Kier molecular flexibility index (Phi) is 8.31. The lowest BCUT2D eigenvalue weighted by Gasteiger charge is -2.09. The largest absolute Gasteiger partial charge is 0.484 e. The Hall–Kier alpha value is -2.18. The number of amides is 2. The second-order valence-electron chi connectivity index (χ2n) is 5.47. The molecule has 138 valence electrons. The summed E-state index contributed by atoms with van der Waals surface area (Å²) in [6.45, 7) is 1.90. The van der Waals surface area contributed by atoms with Crippen LogP contribution in [-0.2, 0) is 21.8 Å². The molecule has 7 heteroatoms. The fourth-order valence-corrected chi connectivity index (χ4v) is 3.16. The van der Waals surface area contributed by atoms with Gasteiger partial charge in [-0.15, -0.1) is 11.8 Å². The van der Waals surface area contributed by atoms with Crippen LogP contribution in [0.3, 0.4) is 0 Å². The first-order valence-electron chi connectivity index (χ1n) is 8.19. The van der Waals surface area contributed by atoms with Crippen molar-refractivity contribution in [3.05, 3.63) is 64.7 Å². The number of ether oxygens (including phenoxy) is 1. The second kappa shape index (κ2) is 10.7. The molecule has 0 aliphatic heterocycles. The number of rotatable bonds is 8. The van der Waals surface area contributed by atoms with Gasteiger partial charge in [-0.1, -0.05) is 48.9 Å². The van der Waals surface area contributed by atoms with E-state index in [1.807, 2.05) is 48.5 Å². The first-order chi connectivity index (χ1) is 12.6. The van der Waals surface area contributed by atoms with Gasteiger partial charge >= 0.3 is 0 Å². The topological polar surface area (TPSA) is 67.4 Å².